The van der Waals surface area contributed by atoms with E-state index >= 15 is 0 Å². The second kappa shape index (κ2) is 8.55. The zero-order valence-corrected chi connectivity index (χ0v) is 17.3. The van der Waals surface area contributed by atoms with Crippen LogP contribution in [-0.4, -0.2) is 74.5 Å². The Morgan fingerprint density at radius 1 is 0.871 bits per heavy atom. The molecule has 162 valence electrons. The molecule has 1 saturated heterocycles. The number of piperazine rings is 1. The minimum absolute atomic E-state index is 0.0323. The van der Waals surface area contributed by atoms with Crippen LogP contribution >= 0.6 is 0 Å². The van der Waals surface area contributed by atoms with E-state index in [4.69, 9.17) is 14.2 Å². The second-order valence-corrected chi connectivity index (χ2v) is 7.23. The van der Waals surface area contributed by atoms with Gasteiger partial charge in [0.15, 0.2) is 6.61 Å². The Labute approximate surface area is 179 Å². The van der Waals surface area contributed by atoms with Gasteiger partial charge in [-0.2, -0.15) is 0 Å². The maximum Gasteiger partial charge on any atom is 0.262 e. The van der Waals surface area contributed by atoms with E-state index in [1.165, 1.54) is 14.2 Å². The van der Waals surface area contributed by atoms with Crippen LogP contribution in [0.15, 0.2) is 36.4 Å². The van der Waals surface area contributed by atoms with Crippen LogP contribution in [0.5, 0.6) is 17.2 Å². The van der Waals surface area contributed by atoms with Crippen molar-refractivity contribution in [2.75, 3.05) is 52.3 Å². The summed E-state index contributed by atoms with van der Waals surface area (Å²) in [5.41, 5.74) is 1.42. The lowest BCUT2D eigenvalue weighted by Crippen LogP contribution is -2.50. The van der Waals surface area contributed by atoms with Gasteiger partial charge < -0.3 is 29.3 Å². The lowest BCUT2D eigenvalue weighted by molar-refractivity contribution is -0.118. The SMILES string of the molecule is COc1cc(OC)cc(C(=O)N2CCN(C(=O)c3ccc4c(c3)NC(=O)CO4)CC2)c1. The van der Waals surface area contributed by atoms with E-state index in [0.717, 1.165) is 0 Å². The first-order valence-electron chi connectivity index (χ1n) is 9.87. The van der Waals surface area contributed by atoms with E-state index in [9.17, 15) is 14.4 Å². The fourth-order valence-electron chi connectivity index (χ4n) is 3.62. The van der Waals surface area contributed by atoms with Gasteiger partial charge in [-0.3, -0.25) is 14.4 Å². The number of ether oxygens (including phenoxy) is 3. The summed E-state index contributed by atoms with van der Waals surface area (Å²) in [6.45, 7) is 1.61. The number of rotatable bonds is 4. The minimum atomic E-state index is -0.251. The summed E-state index contributed by atoms with van der Waals surface area (Å²) in [5.74, 6) is 1.08. The lowest BCUT2D eigenvalue weighted by Gasteiger charge is -2.35. The van der Waals surface area contributed by atoms with Crippen molar-refractivity contribution in [3.8, 4) is 17.2 Å². The molecule has 0 saturated carbocycles. The summed E-state index contributed by atoms with van der Waals surface area (Å²) in [7, 11) is 3.07. The molecular formula is C22H23N3O6. The molecule has 9 nitrogen and oxygen atoms in total. The van der Waals surface area contributed by atoms with Crippen LogP contribution in [0, 0.1) is 0 Å². The van der Waals surface area contributed by atoms with Crippen molar-refractivity contribution in [1.29, 1.82) is 0 Å². The number of hydrogen-bond donors (Lipinski definition) is 1. The van der Waals surface area contributed by atoms with Gasteiger partial charge in [-0.1, -0.05) is 0 Å². The topological polar surface area (TPSA) is 97.4 Å². The molecule has 0 atom stereocenters. The van der Waals surface area contributed by atoms with Crippen molar-refractivity contribution in [3.05, 3.63) is 47.5 Å². The first-order valence-corrected chi connectivity index (χ1v) is 9.87. The summed E-state index contributed by atoms with van der Waals surface area (Å²) in [4.78, 5) is 40.8. The van der Waals surface area contributed by atoms with Crippen LogP contribution in [-0.2, 0) is 4.79 Å². The molecule has 0 bridgehead atoms. The summed E-state index contributed by atoms with van der Waals surface area (Å²) < 4.78 is 15.8. The van der Waals surface area contributed by atoms with Crippen molar-refractivity contribution in [2.45, 2.75) is 0 Å². The molecule has 4 rings (SSSR count). The Morgan fingerprint density at radius 3 is 2.03 bits per heavy atom. The van der Waals surface area contributed by atoms with Gasteiger partial charge in [0.1, 0.15) is 17.2 Å². The highest BCUT2D eigenvalue weighted by Crippen LogP contribution is 2.29. The zero-order chi connectivity index (χ0) is 22.0. The van der Waals surface area contributed by atoms with Crippen LogP contribution < -0.4 is 19.5 Å². The largest absolute Gasteiger partial charge is 0.497 e. The molecule has 2 heterocycles. The van der Waals surface area contributed by atoms with Gasteiger partial charge in [0.05, 0.1) is 19.9 Å². The van der Waals surface area contributed by atoms with Crippen molar-refractivity contribution < 1.29 is 28.6 Å². The molecule has 2 aliphatic rings. The summed E-state index contributed by atoms with van der Waals surface area (Å²) in [5, 5.41) is 2.71. The van der Waals surface area contributed by atoms with Crippen LogP contribution in [0.4, 0.5) is 5.69 Å². The van der Waals surface area contributed by atoms with Gasteiger partial charge in [0.2, 0.25) is 0 Å². The Hall–Kier alpha value is -3.75. The average molecular weight is 425 g/mol. The molecule has 0 spiro atoms. The quantitative estimate of drug-likeness (QED) is 0.800. The summed E-state index contributed by atoms with van der Waals surface area (Å²) in [6.07, 6.45) is 0. The number of methoxy groups -OCH3 is 2. The fourth-order valence-corrected chi connectivity index (χ4v) is 3.62. The normalized spacial score (nSPS) is 15.5. The third kappa shape index (κ3) is 4.25. The maximum atomic E-state index is 12.9. The van der Waals surface area contributed by atoms with Crippen LogP contribution in [0.3, 0.4) is 0 Å². The molecule has 0 aliphatic carbocycles. The van der Waals surface area contributed by atoms with Crippen LogP contribution in [0.2, 0.25) is 0 Å². The fraction of sp³-hybridized carbons (Fsp3) is 0.318. The number of anilines is 1. The van der Waals surface area contributed by atoms with Gasteiger partial charge in [-0.05, 0) is 30.3 Å². The highest BCUT2D eigenvalue weighted by molar-refractivity contribution is 6.00. The number of fused-ring (bicyclic) bond motifs is 1. The predicted octanol–water partition coefficient (Wildman–Crippen LogP) is 1.63. The number of carbonyl (C=O) groups excluding carboxylic acids is 3. The Morgan fingerprint density at radius 2 is 1.45 bits per heavy atom. The monoisotopic (exact) mass is 425 g/mol. The Bertz CT molecular complexity index is 1010. The van der Waals surface area contributed by atoms with Crippen LogP contribution in [0.25, 0.3) is 0 Å². The molecule has 2 aliphatic heterocycles. The van der Waals surface area contributed by atoms with E-state index in [2.05, 4.69) is 5.32 Å². The Balaban J connectivity index is 1.42. The first kappa shape index (κ1) is 20.5. The molecule has 9 heteroatoms. The van der Waals surface area contributed by atoms with Crippen molar-refractivity contribution in [3.63, 3.8) is 0 Å². The molecular weight excluding hydrogens is 402 g/mol. The van der Waals surface area contributed by atoms with E-state index in [1.54, 1.807) is 46.2 Å². The van der Waals surface area contributed by atoms with E-state index in [0.29, 0.717) is 60.2 Å². The number of hydrogen-bond acceptors (Lipinski definition) is 6. The first-order chi connectivity index (χ1) is 15.0. The van der Waals surface area contributed by atoms with E-state index in [-0.39, 0.29) is 24.3 Å². The van der Waals surface area contributed by atoms with E-state index in [1.807, 2.05) is 0 Å². The number of carbonyl (C=O) groups is 3. The molecule has 0 unspecified atom stereocenters. The molecule has 3 amide bonds. The second-order valence-electron chi connectivity index (χ2n) is 7.23. The summed E-state index contributed by atoms with van der Waals surface area (Å²) >= 11 is 0. The van der Waals surface area contributed by atoms with Crippen molar-refractivity contribution in [2.24, 2.45) is 0 Å². The average Bonchev–Trinajstić information content (AvgIpc) is 2.82. The molecule has 0 aromatic heterocycles. The van der Waals surface area contributed by atoms with Gasteiger partial charge in [0.25, 0.3) is 17.7 Å². The Kier molecular flexibility index (Phi) is 5.66. The molecule has 31 heavy (non-hydrogen) atoms. The third-order valence-corrected chi connectivity index (χ3v) is 5.31. The summed E-state index contributed by atoms with van der Waals surface area (Å²) in [6, 6.07) is 10.0. The minimum Gasteiger partial charge on any atom is -0.497 e. The maximum absolute atomic E-state index is 12.9. The van der Waals surface area contributed by atoms with Gasteiger partial charge in [-0.25, -0.2) is 0 Å². The smallest absolute Gasteiger partial charge is 0.262 e. The van der Waals surface area contributed by atoms with Crippen LogP contribution in [0.1, 0.15) is 20.7 Å². The third-order valence-electron chi connectivity index (χ3n) is 5.31. The van der Waals surface area contributed by atoms with Gasteiger partial charge in [-0.15, -0.1) is 0 Å². The van der Waals surface area contributed by atoms with Crippen molar-refractivity contribution >= 4 is 23.4 Å². The predicted molar refractivity (Wildman–Crippen MR) is 112 cm³/mol. The van der Waals surface area contributed by atoms with Gasteiger partial charge >= 0.3 is 0 Å². The molecule has 0 radical (unpaired) electrons. The number of benzene rings is 2. The molecule has 1 N–H and O–H groups in total. The highest BCUT2D eigenvalue weighted by atomic mass is 16.5. The highest BCUT2D eigenvalue weighted by Gasteiger charge is 2.27. The standard InChI is InChI=1S/C22H23N3O6/c1-29-16-9-15(10-17(12-16)30-2)22(28)25-7-5-24(6-8-25)21(27)14-3-4-19-18(11-14)23-20(26)13-31-19/h3-4,9-12H,5-8,13H2,1-2H3,(H,23,26). The van der Waals surface area contributed by atoms with E-state index < -0.39 is 0 Å². The zero-order valence-electron chi connectivity index (χ0n) is 17.3. The number of amides is 3. The van der Waals surface area contributed by atoms with Crippen molar-refractivity contribution in [1.82, 2.24) is 9.80 Å². The number of nitrogens with zero attached hydrogens (tertiary/aromatic N) is 2. The van der Waals surface area contributed by atoms with Gasteiger partial charge in [0, 0.05) is 43.4 Å². The lowest BCUT2D eigenvalue weighted by atomic mass is 10.1. The molecule has 2 aromatic carbocycles. The molecule has 1 fully saturated rings. The number of nitrogens with one attached hydrogen (secondary N) is 1. The molecule has 2 aromatic rings.